The van der Waals surface area contributed by atoms with E-state index in [-0.39, 0.29) is 24.6 Å². The molecule has 2 aromatic heterocycles. The Morgan fingerprint density at radius 3 is 2.34 bits per heavy atom. The van der Waals surface area contributed by atoms with E-state index in [0.29, 0.717) is 24.5 Å². The number of nitrogens with zero attached hydrogens (tertiary/aromatic N) is 4. The Morgan fingerprint density at radius 2 is 1.59 bits per heavy atom. The molecule has 0 aliphatic carbocycles. The van der Waals surface area contributed by atoms with Crippen LogP contribution in [0.4, 0.5) is 5.69 Å². The first kappa shape index (κ1) is 21.0. The van der Waals surface area contributed by atoms with Crippen molar-refractivity contribution in [2.75, 3.05) is 5.32 Å². The van der Waals surface area contributed by atoms with Gasteiger partial charge in [-0.1, -0.05) is 65.9 Å². The van der Waals surface area contributed by atoms with Crippen LogP contribution in [0.3, 0.4) is 0 Å². The summed E-state index contributed by atoms with van der Waals surface area (Å²) in [7, 11) is 0. The maximum absolute atomic E-state index is 12.7. The van der Waals surface area contributed by atoms with Crippen molar-refractivity contribution in [2.45, 2.75) is 26.2 Å². The molecule has 0 saturated carbocycles. The minimum absolute atomic E-state index is 0.0716. The van der Waals surface area contributed by atoms with Crippen molar-refractivity contribution in [3.63, 3.8) is 0 Å². The van der Waals surface area contributed by atoms with Crippen LogP contribution in [0.25, 0.3) is 0 Å². The van der Waals surface area contributed by atoms with Crippen molar-refractivity contribution >= 4 is 11.6 Å². The lowest BCUT2D eigenvalue weighted by Gasteiger charge is -2.10. The van der Waals surface area contributed by atoms with E-state index in [1.165, 1.54) is 4.57 Å². The van der Waals surface area contributed by atoms with Crippen LogP contribution in [0, 0.1) is 0 Å². The predicted molar refractivity (Wildman–Crippen MR) is 122 cm³/mol. The number of benzene rings is 2. The Hall–Kier alpha value is -4.20. The average Bonchev–Trinajstić information content (AvgIpc) is 3.27. The Labute approximate surface area is 185 Å². The minimum atomic E-state index is -0.273. The standard InChI is InChI=1S/C24H24N6O2/c31-23(26-15-21-17-30(28-27-21)16-20-10-5-2-6-11-20)18-29-13-7-12-22(24(29)32)25-14-19-8-3-1-4-9-19/h1-13,17,25H,14-16,18H2,(H,26,31). The molecule has 0 unspecified atom stereocenters. The van der Waals surface area contributed by atoms with Crippen LogP contribution in [-0.4, -0.2) is 25.5 Å². The van der Waals surface area contributed by atoms with Gasteiger partial charge in [0.2, 0.25) is 5.91 Å². The summed E-state index contributed by atoms with van der Waals surface area (Å²) in [5, 5.41) is 14.1. The Morgan fingerprint density at radius 1 is 0.875 bits per heavy atom. The topological polar surface area (TPSA) is 93.8 Å². The number of nitrogens with one attached hydrogen (secondary N) is 2. The molecule has 0 radical (unpaired) electrons. The highest BCUT2D eigenvalue weighted by molar-refractivity contribution is 5.75. The van der Waals surface area contributed by atoms with Crippen molar-refractivity contribution in [3.8, 4) is 0 Å². The highest BCUT2D eigenvalue weighted by atomic mass is 16.2. The second-order valence-corrected chi connectivity index (χ2v) is 7.36. The summed E-state index contributed by atoms with van der Waals surface area (Å²) in [6.07, 6.45) is 3.40. The van der Waals surface area contributed by atoms with Gasteiger partial charge in [0.15, 0.2) is 0 Å². The third-order valence-electron chi connectivity index (χ3n) is 4.90. The molecule has 8 nitrogen and oxygen atoms in total. The highest BCUT2D eigenvalue weighted by Gasteiger charge is 2.09. The van der Waals surface area contributed by atoms with Crippen LogP contribution in [0.2, 0.25) is 0 Å². The van der Waals surface area contributed by atoms with E-state index in [1.807, 2.05) is 60.7 Å². The first-order valence-corrected chi connectivity index (χ1v) is 10.3. The zero-order valence-electron chi connectivity index (χ0n) is 17.5. The number of pyridine rings is 1. The third-order valence-corrected chi connectivity index (χ3v) is 4.90. The van der Waals surface area contributed by atoms with Crippen molar-refractivity contribution in [1.29, 1.82) is 0 Å². The van der Waals surface area contributed by atoms with Crippen molar-refractivity contribution < 1.29 is 4.79 Å². The molecule has 0 aliphatic rings. The largest absolute Gasteiger partial charge is 0.377 e. The molecule has 1 amide bonds. The maximum Gasteiger partial charge on any atom is 0.274 e. The zero-order valence-corrected chi connectivity index (χ0v) is 17.5. The number of rotatable bonds is 9. The van der Waals surface area contributed by atoms with Crippen molar-refractivity contribution in [3.05, 3.63) is 112 Å². The zero-order chi connectivity index (χ0) is 22.2. The van der Waals surface area contributed by atoms with E-state index in [9.17, 15) is 9.59 Å². The summed E-state index contributed by atoms with van der Waals surface area (Å²) in [5.74, 6) is -0.273. The molecule has 32 heavy (non-hydrogen) atoms. The number of hydrogen-bond acceptors (Lipinski definition) is 5. The van der Waals surface area contributed by atoms with Gasteiger partial charge in [0.1, 0.15) is 17.9 Å². The molecule has 0 atom stereocenters. The lowest BCUT2D eigenvalue weighted by atomic mass is 10.2. The van der Waals surface area contributed by atoms with Crippen LogP contribution in [0.5, 0.6) is 0 Å². The van der Waals surface area contributed by atoms with Crippen LogP contribution in [-0.2, 0) is 31.0 Å². The number of hydrogen-bond donors (Lipinski definition) is 2. The van der Waals surface area contributed by atoms with Gasteiger partial charge in [-0.15, -0.1) is 5.10 Å². The molecular weight excluding hydrogens is 404 g/mol. The average molecular weight is 428 g/mol. The highest BCUT2D eigenvalue weighted by Crippen LogP contribution is 2.05. The van der Waals surface area contributed by atoms with Crippen LogP contribution >= 0.6 is 0 Å². The molecule has 4 aromatic rings. The molecule has 0 bridgehead atoms. The van der Waals surface area contributed by atoms with Gasteiger partial charge < -0.3 is 15.2 Å². The molecule has 2 aromatic carbocycles. The molecule has 0 aliphatic heterocycles. The van der Waals surface area contributed by atoms with Gasteiger partial charge in [-0.3, -0.25) is 9.59 Å². The second-order valence-electron chi connectivity index (χ2n) is 7.36. The SMILES string of the molecule is O=C(Cn1cccc(NCc2ccccc2)c1=O)NCc1cn(Cc2ccccc2)nn1. The Bertz CT molecular complexity index is 1220. The number of carbonyl (C=O) groups is 1. The van der Waals surface area contributed by atoms with Crippen molar-refractivity contribution in [2.24, 2.45) is 0 Å². The fourth-order valence-electron chi connectivity index (χ4n) is 3.26. The number of amides is 1. The van der Waals surface area contributed by atoms with E-state index in [0.717, 1.165) is 11.1 Å². The molecule has 0 fully saturated rings. The van der Waals surface area contributed by atoms with E-state index >= 15 is 0 Å². The molecule has 162 valence electrons. The summed E-state index contributed by atoms with van der Waals surface area (Å²) in [6, 6.07) is 23.2. The van der Waals surface area contributed by atoms with Crippen molar-refractivity contribution in [1.82, 2.24) is 24.9 Å². The summed E-state index contributed by atoms with van der Waals surface area (Å²) < 4.78 is 3.11. The normalized spacial score (nSPS) is 10.6. The van der Waals surface area contributed by atoms with E-state index in [4.69, 9.17) is 0 Å². The lowest BCUT2D eigenvalue weighted by Crippen LogP contribution is -2.32. The summed E-state index contributed by atoms with van der Waals surface area (Å²) in [6.45, 7) is 1.32. The van der Waals surface area contributed by atoms with Gasteiger partial charge >= 0.3 is 0 Å². The van der Waals surface area contributed by atoms with E-state index in [2.05, 4.69) is 20.9 Å². The molecular formula is C24H24N6O2. The van der Waals surface area contributed by atoms with Gasteiger partial charge in [-0.25, -0.2) is 4.68 Å². The Kier molecular flexibility index (Phi) is 6.72. The van der Waals surface area contributed by atoms with Gasteiger partial charge in [0.25, 0.3) is 5.56 Å². The third kappa shape index (κ3) is 5.69. The smallest absolute Gasteiger partial charge is 0.274 e. The first-order chi connectivity index (χ1) is 15.7. The number of aromatic nitrogens is 4. The summed E-state index contributed by atoms with van der Waals surface area (Å²) >= 11 is 0. The molecule has 2 heterocycles. The van der Waals surface area contributed by atoms with Gasteiger partial charge in [-0.05, 0) is 23.3 Å². The van der Waals surface area contributed by atoms with Crippen LogP contribution in [0.1, 0.15) is 16.8 Å². The lowest BCUT2D eigenvalue weighted by molar-refractivity contribution is -0.121. The first-order valence-electron chi connectivity index (χ1n) is 10.3. The molecule has 0 spiro atoms. The van der Waals surface area contributed by atoms with Gasteiger partial charge in [0, 0.05) is 12.7 Å². The number of carbonyl (C=O) groups excluding carboxylic acids is 1. The second kappa shape index (κ2) is 10.2. The minimum Gasteiger partial charge on any atom is -0.377 e. The fraction of sp³-hybridized carbons (Fsp3) is 0.167. The maximum atomic E-state index is 12.7. The van der Waals surface area contributed by atoms with E-state index < -0.39 is 0 Å². The van der Waals surface area contributed by atoms with Gasteiger partial charge in [-0.2, -0.15) is 0 Å². The molecule has 0 saturated heterocycles. The Balaban J connectivity index is 1.30. The molecule has 2 N–H and O–H groups in total. The monoisotopic (exact) mass is 428 g/mol. The summed E-state index contributed by atoms with van der Waals surface area (Å²) in [5.41, 5.74) is 3.05. The predicted octanol–water partition coefficient (Wildman–Crippen LogP) is 2.42. The van der Waals surface area contributed by atoms with Crippen LogP contribution in [0.15, 0.2) is 90.0 Å². The molecule has 8 heteroatoms. The van der Waals surface area contributed by atoms with Gasteiger partial charge in [0.05, 0.1) is 19.3 Å². The van der Waals surface area contributed by atoms with E-state index in [1.54, 1.807) is 29.2 Å². The fourth-order valence-corrected chi connectivity index (χ4v) is 3.26. The van der Waals surface area contributed by atoms with Crippen LogP contribution < -0.4 is 16.2 Å². The quantitative estimate of drug-likeness (QED) is 0.427. The summed E-state index contributed by atoms with van der Waals surface area (Å²) in [4.78, 5) is 25.1. The molecule has 4 rings (SSSR count). The number of anilines is 1.